The summed E-state index contributed by atoms with van der Waals surface area (Å²) in [5.74, 6) is 0.936. The Morgan fingerprint density at radius 3 is 2.94 bits per heavy atom. The van der Waals surface area contributed by atoms with Crippen molar-refractivity contribution in [2.45, 2.75) is 24.8 Å². The lowest BCUT2D eigenvalue weighted by Gasteiger charge is -2.14. The van der Waals surface area contributed by atoms with E-state index in [1.54, 1.807) is 0 Å². The largest absolute Gasteiger partial charge is 0.488 e. The fraction of sp³-hybridized carbons (Fsp3) is 0.500. The molecule has 0 bridgehead atoms. The third kappa shape index (κ3) is 2.79. The van der Waals surface area contributed by atoms with Crippen LogP contribution in [0.25, 0.3) is 0 Å². The maximum absolute atomic E-state index is 5.89. The van der Waals surface area contributed by atoms with E-state index in [1.807, 2.05) is 0 Å². The number of rotatable bonds is 3. The summed E-state index contributed by atoms with van der Waals surface area (Å²) in [4.78, 5) is 0. The van der Waals surface area contributed by atoms with E-state index in [1.165, 1.54) is 11.1 Å². The first-order chi connectivity index (χ1) is 7.70. The molecule has 1 unspecified atom stereocenters. The Labute approximate surface area is 113 Å². The van der Waals surface area contributed by atoms with Gasteiger partial charge < -0.3 is 9.47 Å². The van der Waals surface area contributed by atoms with Gasteiger partial charge in [0.15, 0.2) is 0 Å². The molecule has 1 aromatic rings. The Kier molecular flexibility index (Phi) is 4.27. The van der Waals surface area contributed by atoms with Gasteiger partial charge in [-0.05, 0) is 30.2 Å². The second-order valence-corrected chi connectivity index (χ2v) is 5.30. The van der Waals surface area contributed by atoms with Crippen LogP contribution in [0.15, 0.2) is 16.6 Å². The average molecular weight is 350 g/mol. The zero-order valence-electron chi connectivity index (χ0n) is 9.13. The van der Waals surface area contributed by atoms with Gasteiger partial charge in [0.05, 0.1) is 13.2 Å². The molecule has 0 spiro atoms. The van der Waals surface area contributed by atoms with Gasteiger partial charge in [0.25, 0.3) is 0 Å². The standard InChI is InChI=1S/C12H14Br2O2/c1-8-4-11(5-9(6-13)12(8)14)16-10-2-3-15-7-10/h4-5,10H,2-3,6-7H2,1H3. The summed E-state index contributed by atoms with van der Waals surface area (Å²) >= 11 is 7.06. The minimum Gasteiger partial charge on any atom is -0.488 e. The van der Waals surface area contributed by atoms with Gasteiger partial charge >= 0.3 is 0 Å². The quantitative estimate of drug-likeness (QED) is 0.772. The van der Waals surface area contributed by atoms with Gasteiger partial charge in [0, 0.05) is 16.2 Å². The zero-order chi connectivity index (χ0) is 11.5. The van der Waals surface area contributed by atoms with E-state index in [0.29, 0.717) is 6.61 Å². The first-order valence-corrected chi connectivity index (χ1v) is 7.21. The monoisotopic (exact) mass is 348 g/mol. The zero-order valence-corrected chi connectivity index (χ0v) is 12.3. The molecule has 0 saturated carbocycles. The Hall–Kier alpha value is -0.0600. The summed E-state index contributed by atoms with van der Waals surface area (Å²) in [5, 5.41) is 0.826. The highest BCUT2D eigenvalue weighted by Gasteiger charge is 2.17. The van der Waals surface area contributed by atoms with Crippen LogP contribution in [0.5, 0.6) is 5.75 Å². The number of hydrogen-bond acceptors (Lipinski definition) is 2. The minimum atomic E-state index is 0.212. The number of ether oxygens (including phenoxy) is 2. The molecule has 16 heavy (non-hydrogen) atoms. The van der Waals surface area contributed by atoms with Crippen LogP contribution in [0.3, 0.4) is 0 Å². The summed E-state index contributed by atoms with van der Waals surface area (Å²) in [6.07, 6.45) is 1.20. The van der Waals surface area contributed by atoms with E-state index in [-0.39, 0.29) is 6.10 Å². The molecule has 88 valence electrons. The SMILES string of the molecule is Cc1cc(OC2CCOC2)cc(CBr)c1Br. The van der Waals surface area contributed by atoms with Crippen molar-refractivity contribution in [2.75, 3.05) is 13.2 Å². The van der Waals surface area contributed by atoms with E-state index in [9.17, 15) is 0 Å². The first kappa shape index (κ1) is 12.4. The van der Waals surface area contributed by atoms with Crippen LogP contribution in [0, 0.1) is 6.92 Å². The minimum absolute atomic E-state index is 0.212. The Balaban J connectivity index is 2.17. The molecule has 0 N–H and O–H groups in total. The fourth-order valence-electron chi connectivity index (χ4n) is 1.77. The van der Waals surface area contributed by atoms with Crippen LogP contribution in [-0.4, -0.2) is 19.3 Å². The van der Waals surface area contributed by atoms with Crippen molar-refractivity contribution in [3.63, 3.8) is 0 Å². The van der Waals surface area contributed by atoms with Crippen LogP contribution in [-0.2, 0) is 10.1 Å². The predicted molar refractivity (Wildman–Crippen MR) is 71.4 cm³/mol. The van der Waals surface area contributed by atoms with Gasteiger partial charge in [-0.1, -0.05) is 31.9 Å². The Morgan fingerprint density at radius 2 is 2.31 bits per heavy atom. The van der Waals surface area contributed by atoms with Crippen molar-refractivity contribution in [3.05, 3.63) is 27.7 Å². The number of alkyl halides is 1. The maximum Gasteiger partial charge on any atom is 0.124 e. The molecule has 1 aliphatic heterocycles. The second kappa shape index (κ2) is 5.52. The molecule has 0 radical (unpaired) electrons. The summed E-state index contributed by atoms with van der Waals surface area (Å²) in [6, 6.07) is 4.14. The summed E-state index contributed by atoms with van der Waals surface area (Å²) < 4.78 is 12.3. The van der Waals surface area contributed by atoms with E-state index in [4.69, 9.17) is 9.47 Å². The van der Waals surface area contributed by atoms with E-state index in [2.05, 4.69) is 50.9 Å². The van der Waals surface area contributed by atoms with E-state index < -0.39 is 0 Å². The molecule has 1 heterocycles. The van der Waals surface area contributed by atoms with Crippen molar-refractivity contribution in [1.82, 2.24) is 0 Å². The normalized spacial score (nSPS) is 20.1. The molecule has 1 aromatic carbocycles. The highest BCUT2D eigenvalue weighted by molar-refractivity contribution is 9.10. The van der Waals surface area contributed by atoms with Gasteiger partial charge in [0.1, 0.15) is 11.9 Å². The molecule has 1 fully saturated rings. The average Bonchev–Trinajstić information content (AvgIpc) is 2.76. The van der Waals surface area contributed by atoms with Crippen molar-refractivity contribution in [2.24, 2.45) is 0 Å². The molecule has 2 nitrogen and oxygen atoms in total. The lowest BCUT2D eigenvalue weighted by atomic mass is 10.1. The number of hydrogen-bond donors (Lipinski definition) is 0. The molecule has 1 saturated heterocycles. The Morgan fingerprint density at radius 1 is 1.50 bits per heavy atom. The molecule has 4 heteroatoms. The van der Waals surface area contributed by atoms with Crippen LogP contribution in [0.4, 0.5) is 0 Å². The van der Waals surface area contributed by atoms with Crippen LogP contribution < -0.4 is 4.74 Å². The molecule has 0 aliphatic carbocycles. The third-order valence-corrected chi connectivity index (χ3v) is 4.38. The van der Waals surface area contributed by atoms with Gasteiger partial charge in [-0.25, -0.2) is 0 Å². The van der Waals surface area contributed by atoms with Crippen molar-refractivity contribution >= 4 is 31.9 Å². The number of aryl methyl sites for hydroxylation is 1. The molecule has 0 amide bonds. The molecule has 0 aromatic heterocycles. The summed E-state index contributed by atoms with van der Waals surface area (Å²) in [5.41, 5.74) is 2.42. The molecule has 1 atom stereocenters. The van der Waals surface area contributed by atoms with Gasteiger partial charge in [-0.2, -0.15) is 0 Å². The Bertz CT molecular complexity index is 374. The molecular formula is C12H14Br2O2. The van der Waals surface area contributed by atoms with Gasteiger partial charge in [-0.3, -0.25) is 0 Å². The van der Waals surface area contributed by atoms with Crippen molar-refractivity contribution < 1.29 is 9.47 Å². The molecule has 1 aliphatic rings. The van der Waals surface area contributed by atoms with E-state index in [0.717, 1.165) is 28.6 Å². The lowest BCUT2D eigenvalue weighted by Crippen LogP contribution is -2.15. The summed E-state index contributed by atoms with van der Waals surface area (Å²) in [7, 11) is 0. The highest BCUT2D eigenvalue weighted by atomic mass is 79.9. The number of benzene rings is 1. The highest BCUT2D eigenvalue weighted by Crippen LogP contribution is 2.29. The predicted octanol–water partition coefficient (Wildman–Crippen LogP) is 3.82. The van der Waals surface area contributed by atoms with Gasteiger partial charge in [-0.15, -0.1) is 0 Å². The maximum atomic E-state index is 5.89. The topological polar surface area (TPSA) is 18.5 Å². The van der Waals surface area contributed by atoms with Crippen LogP contribution in [0.2, 0.25) is 0 Å². The lowest BCUT2D eigenvalue weighted by molar-refractivity contribution is 0.141. The smallest absolute Gasteiger partial charge is 0.124 e. The van der Waals surface area contributed by atoms with Crippen LogP contribution in [0.1, 0.15) is 17.5 Å². The van der Waals surface area contributed by atoms with Crippen molar-refractivity contribution in [1.29, 1.82) is 0 Å². The first-order valence-electron chi connectivity index (χ1n) is 5.30. The van der Waals surface area contributed by atoms with E-state index >= 15 is 0 Å². The van der Waals surface area contributed by atoms with Crippen molar-refractivity contribution in [3.8, 4) is 5.75 Å². The van der Waals surface area contributed by atoms with Crippen LogP contribution >= 0.6 is 31.9 Å². The second-order valence-electron chi connectivity index (χ2n) is 3.95. The third-order valence-electron chi connectivity index (χ3n) is 2.64. The van der Waals surface area contributed by atoms with Gasteiger partial charge in [0.2, 0.25) is 0 Å². The number of halogens is 2. The molecule has 2 rings (SSSR count). The molecular weight excluding hydrogens is 336 g/mol. The summed E-state index contributed by atoms with van der Waals surface area (Å²) in [6.45, 7) is 3.60. The fourth-order valence-corrected chi connectivity index (χ4v) is 2.96.